The van der Waals surface area contributed by atoms with Crippen LogP contribution in [0.25, 0.3) is 0 Å². The molecule has 2 amide bonds. The van der Waals surface area contributed by atoms with Crippen molar-refractivity contribution in [1.82, 2.24) is 10.6 Å². The van der Waals surface area contributed by atoms with Gasteiger partial charge in [0.1, 0.15) is 12.1 Å². The highest BCUT2D eigenvalue weighted by atomic mass is 16.5. The van der Waals surface area contributed by atoms with Gasteiger partial charge in [0.05, 0.1) is 14.2 Å². The Balaban J connectivity index is 2.94. The van der Waals surface area contributed by atoms with Gasteiger partial charge in [0, 0.05) is 12.3 Å². The molecule has 1 rings (SSSR count). The van der Waals surface area contributed by atoms with E-state index in [1.165, 1.54) is 6.92 Å². The van der Waals surface area contributed by atoms with Gasteiger partial charge in [-0.15, -0.1) is 0 Å². The van der Waals surface area contributed by atoms with Crippen LogP contribution < -0.4 is 10.6 Å². The van der Waals surface area contributed by atoms with Crippen LogP contribution in [0.5, 0.6) is 0 Å². The zero-order chi connectivity index (χ0) is 18.4. The van der Waals surface area contributed by atoms with E-state index in [4.69, 9.17) is 0 Å². The lowest BCUT2D eigenvalue weighted by Crippen LogP contribution is -2.54. The van der Waals surface area contributed by atoms with Crippen molar-refractivity contribution in [2.24, 2.45) is 11.8 Å². The highest BCUT2D eigenvalue weighted by Crippen LogP contribution is 2.20. The van der Waals surface area contributed by atoms with Crippen LogP contribution in [0.2, 0.25) is 0 Å². The molecule has 10 heteroatoms. The van der Waals surface area contributed by atoms with Crippen LogP contribution in [0.15, 0.2) is 0 Å². The zero-order valence-electron chi connectivity index (χ0n) is 13.5. The van der Waals surface area contributed by atoms with Gasteiger partial charge in [0.2, 0.25) is 11.8 Å². The SMILES string of the molecule is COC(=O)C(C(=O)OC)[C@@H](C)[C@H](NC(=O)[C@@H]1CCC(=O)N1)C(=O)O. The van der Waals surface area contributed by atoms with Gasteiger partial charge in [-0.25, -0.2) is 4.79 Å². The number of methoxy groups -OCH3 is 2. The van der Waals surface area contributed by atoms with Crippen molar-refractivity contribution < 1.29 is 38.6 Å². The molecule has 0 aromatic heterocycles. The Morgan fingerprint density at radius 1 is 1.21 bits per heavy atom. The number of carboxylic acid groups (broad SMARTS) is 1. The molecular weight excluding hydrogens is 324 g/mol. The quantitative estimate of drug-likeness (QED) is 0.371. The number of hydrogen-bond donors (Lipinski definition) is 3. The largest absolute Gasteiger partial charge is 0.480 e. The molecule has 0 bridgehead atoms. The molecule has 1 heterocycles. The molecule has 24 heavy (non-hydrogen) atoms. The van der Waals surface area contributed by atoms with Gasteiger partial charge in [-0.3, -0.25) is 19.2 Å². The monoisotopic (exact) mass is 344 g/mol. The molecule has 0 aromatic rings. The number of carboxylic acids is 1. The molecular formula is C14H20N2O8. The average Bonchev–Trinajstić information content (AvgIpc) is 2.98. The second-order valence-corrected chi connectivity index (χ2v) is 5.37. The van der Waals surface area contributed by atoms with E-state index in [1.807, 2.05) is 0 Å². The van der Waals surface area contributed by atoms with Crippen molar-refractivity contribution in [2.45, 2.75) is 31.8 Å². The average molecular weight is 344 g/mol. The van der Waals surface area contributed by atoms with Crippen molar-refractivity contribution in [3.05, 3.63) is 0 Å². The Bertz CT molecular complexity index is 531. The van der Waals surface area contributed by atoms with E-state index < -0.39 is 47.7 Å². The highest BCUT2D eigenvalue weighted by molar-refractivity contribution is 5.97. The molecule has 0 spiro atoms. The zero-order valence-corrected chi connectivity index (χ0v) is 13.5. The fourth-order valence-corrected chi connectivity index (χ4v) is 2.45. The van der Waals surface area contributed by atoms with E-state index >= 15 is 0 Å². The Kier molecular flexibility index (Phi) is 6.69. The van der Waals surface area contributed by atoms with Gasteiger partial charge in [-0.1, -0.05) is 6.92 Å². The van der Waals surface area contributed by atoms with Crippen molar-refractivity contribution in [2.75, 3.05) is 14.2 Å². The number of carbonyl (C=O) groups is 5. The maximum Gasteiger partial charge on any atom is 0.326 e. The number of esters is 2. The summed E-state index contributed by atoms with van der Waals surface area (Å²) < 4.78 is 9.01. The molecule has 0 unspecified atom stereocenters. The normalized spacial score (nSPS) is 19.2. The molecule has 1 saturated heterocycles. The van der Waals surface area contributed by atoms with Crippen LogP contribution in [-0.2, 0) is 33.4 Å². The van der Waals surface area contributed by atoms with Crippen molar-refractivity contribution in [3.8, 4) is 0 Å². The number of rotatable bonds is 7. The Hall–Kier alpha value is -2.65. The van der Waals surface area contributed by atoms with Crippen LogP contribution in [0.1, 0.15) is 19.8 Å². The first-order chi connectivity index (χ1) is 11.2. The van der Waals surface area contributed by atoms with Gasteiger partial charge in [-0.2, -0.15) is 0 Å². The smallest absolute Gasteiger partial charge is 0.326 e. The molecule has 10 nitrogen and oxygen atoms in total. The molecule has 0 aromatic carbocycles. The minimum absolute atomic E-state index is 0.165. The van der Waals surface area contributed by atoms with E-state index in [2.05, 4.69) is 20.1 Å². The molecule has 3 N–H and O–H groups in total. The molecule has 1 fully saturated rings. The fraction of sp³-hybridized carbons (Fsp3) is 0.643. The third-order valence-corrected chi connectivity index (χ3v) is 3.84. The summed E-state index contributed by atoms with van der Waals surface area (Å²) in [7, 11) is 2.10. The lowest BCUT2D eigenvalue weighted by molar-refractivity contribution is -0.163. The number of ether oxygens (including phenoxy) is 2. The summed E-state index contributed by atoms with van der Waals surface area (Å²) in [5, 5.41) is 14.0. The lowest BCUT2D eigenvalue weighted by atomic mass is 9.87. The summed E-state index contributed by atoms with van der Waals surface area (Å²) in [4.78, 5) is 58.3. The minimum atomic E-state index is -1.54. The van der Waals surface area contributed by atoms with Gasteiger partial charge < -0.3 is 25.2 Å². The third-order valence-electron chi connectivity index (χ3n) is 3.84. The minimum Gasteiger partial charge on any atom is -0.480 e. The molecule has 0 aliphatic carbocycles. The molecule has 0 saturated carbocycles. The first-order valence-corrected chi connectivity index (χ1v) is 7.21. The molecule has 1 aliphatic heterocycles. The van der Waals surface area contributed by atoms with Gasteiger partial charge in [0.15, 0.2) is 5.92 Å². The standard InChI is InChI=1S/C14H20N2O8/c1-6(9(13(21)23-2)14(22)24-3)10(12(19)20)16-11(18)7-4-5-8(17)15-7/h6-7,9-10H,4-5H2,1-3H3,(H,15,17)(H,16,18)(H,19,20)/t6-,7+,10+/m1/s1. The summed E-state index contributed by atoms with van der Waals surface area (Å²) >= 11 is 0. The van der Waals surface area contributed by atoms with Crippen LogP contribution in [0.3, 0.4) is 0 Å². The predicted molar refractivity (Wildman–Crippen MR) is 77.4 cm³/mol. The van der Waals surface area contributed by atoms with Crippen molar-refractivity contribution >= 4 is 29.7 Å². The maximum absolute atomic E-state index is 12.1. The Morgan fingerprint density at radius 3 is 2.12 bits per heavy atom. The summed E-state index contributed by atoms with van der Waals surface area (Å²) in [6.45, 7) is 1.31. The van der Waals surface area contributed by atoms with Crippen molar-refractivity contribution in [3.63, 3.8) is 0 Å². The predicted octanol–water partition coefficient (Wildman–Crippen LogP) is -1.57. The Morgan fingerprint density at radius 2 is 1.75 bits per heavy atom. The first kappa shape index (κ1) is 19.4. The second-order valence-electron chi connectivity index (χ2n) is 5.37. The van der Waals surface area contributed by atoms with Crippen molar-refractivity contribution in [1.29, 1.82) is 0 Å². The van der Waals surface area contributed by atoms with Gasteiger partial charge >= 0.3 is 17.9 Å². The molecule has 1 aliphatic rings. The summed E-state index contributed by atoms with van der Waals surface area (Å²) in [5.41, 5.74) is 0. The van der Waals surface area contributed by atoms with Crippen LogP contribution in [-0.4, -0.2) is 61.1 Å². The second kappa shape index (κ2) is 8.27. The summed E-state index contributed by atoms with van der Waals surface area (Å²) in [5.74, 6) is -7.03. The van der Waals surface area contributed by atoms with Crippen LogP contribution >= 0.6 is 0 Å². The van der Waals surface area contributed by atoms with Crippen LogP contribution in [0.4, 0.5) is 0 Å². The lowest BCUT2D eigenvalue weighted by Gasteiger charge is -2.26. The summed E-state index contributed by atoms with van der Waals surface area (Å²) in [6.07, 6.45) is 0.404. The van der Waals surface area contributed by atoms with E-state index in [0.29, 0.717) is 0 Å². The number of carbonyl (C=O) groups excluding carboxylic acids is 4. The van der Waals surface area contributed by atoms with Gasteiger partial charge in [-0.05, 0) is 6.42 Å². The maximum atomic E-state index is 12.1. The summed E-state index contributed by atoms with van der Waals surface area (Å²) in [6, 6.07) is -2.39. The molecule has 3 atom stereocenters. The fourth-order valence-electron chi connectivity index (χ4n) is 2.45. The number of aliphatic carboxylic acids is 1. The van der Waals surface area contributed by atoms with E-state index in [-0.39, 0.29) is 18.7 Å². The Labute approximate surface area is 137 Å². The number of hydrogen-bond acceptors (Lipinski definition) is 7. The van der Waals surface area contributed by atoms with E-state index in [1.54, 1.807) is 0 Å². The van der Waals surface area contributed by atoms with E-state index in [9.17, 15) is 29.1 Å². The van der Waals surface area contributed by atoms with Crippen LogP contribution in [0, 0.1) is 11.8 Å². The molecule has 0 radical (unpaired) electrons. The van der Waals surface area contributed by atoms with Gasteiger partial charge in [0.25, 0.3) is 0 Å². The number of amides is 2. The van der Waals surface area contributed by atoms with E-state index in [0.717, 1.165) is 14.2 Å². The highest BCUT2D eigenvalue weighted by Gasteiger charge is 2.43. The first-order valence-electron chi connectivity index (χ1n) is 7.21. The molecule has 134 valence electrons. The topological polar surface area (TPSA) is 148 Å². The number of nitrogens with one attached hydrogen (secondary N) is 2. The third kappa shape index (κ3) is 4.43.